The Bertz CT molecular complexity index is 846. The molecule has 0 aromatic heterocycles. The predicted molar refractivity (Wildman–Crippen MR) is 114 cm³/mol. The van der Waals surface area contributed by atoms with Crippen LogP contribution in [0.25, 0.3) is 0 Å². The number of carbonyl (C=O) groups is 1. The van der Waals surface area contributed by atoms with E-state index in [9.17, 15) is 4.79 Å². The number of piperidine rings is 1. The molecule has 2 heterocycles. The highest BCUT2D eigenvalue weighted by Gasteiger charge is 2.31. The number of nitrogens with zero attached hydrogens (tertiary/aromatic N) is 3. The minimum absolute atomic E-state index is 0.0782. The van der Waals surface area contributed by atoms with Crippen molar-refractivity contribution in [2.45, 2.75) is 33.1 Å². The standard InChI is InChI=1S/C24H29N3O/c1-18-14-19(2)16-22(15-18)23(28)27-13-10-25-24(27)26-11-8-21(9-12-26)17-20-6-4-3-5-7-20/h3-7,14-16,21H,8-13,17H2,1-2H3. The second-order valence-electron chi connectivity index (χ2n) is 8.14. The Morgan fingerprint density at radius 1 is 1.00 bits per heavy atom. The van der Waals surface area contributed by atoms with Crippen LogP contribution in [-0.4, -0.2) is 47.8 Å². The number of benzene rings is 2. The Hall–Kier alpha value is -2.62. The van der Waals surface area contributed by atoms with Crippen LogP contribution in [0.3, 0.4) is 0 Å². The van der Waals surface area contributed by atoms with E-state index in [0.717, 1.165) is 55.0 Å². The van der Waals surface area contributed by atoms with Crippen LogP contribution in [0.4, 0.5) is 0 Å². The van der Waals surface area contributed by atoms with E-state index in [1.165, 1.54) is 5.56 Å². The van der Waals surface area contributed by atoms with Gasteiger partial charge in [-0.3, -0.25) is 14.7 Å². The molecule has 4 heteroatoms. The molecule has 0 spiro atoms. The molecule has 4 nitrogen and oxygen atoms in total. The summed E-state index contributed by atoms with van der Waals surface area (Å²) in [6.45, 7) is 7.43. The number of guanidine groups is 1. The first-order valence-corrected chi connectivity index (χ1v) is 10.3. The van der Waals surface area contributed by atoms with Crippen molar-refractivity contribution < 1.29 is 4.79 Å². The summed E-state index contributed by atoms with van der Waals surface area (Å²) in [6, 6.07) is 16.8. The van der Waals surface area contributed by atoms with Crippen LogP contribution < -0.4 is 0 Å². The number of aryl methyl sites for hydroxylation is 2. The van der Waals surface area contributed by atoms with Gasteiger partial charge in [0.25, 0.3) is 5.91 Å². The summed E-state index contributed by atoms with van der Waals surface area (Å²) < 4.78 is 0. The summed E-state index contributed by atoms with van der Waals surface area (Å²) in [6.07, 6.45) is 3.45. The van der Waals surface area contributed by atoms with Crippen molar-refractivity contribution in [3.63, 3.8) is 0 Å². The number of rotatable bonds is 3. The van der Waals surface area contributed by atoms with Crippen molar-refractivity contribution in [2.75, 3.05) is 26.2 Å². The molecule has 0 aliphatic carbocycles. The molecule has 2 aromatic carbocycles. The molecule has 0 radical (unpaired) electrons. The van der Waals surface area contributed by atoms with Crippen LogP contribution in [0.1, 0.15) is 39.9 Å². The van der Waals surface area contributed by atoms with Crippen LogP contribution in [0, 0.1) is 19.8 Å². The van der Waals surface area contributed by atoms with Crippen molar-refractivity contribution in [2.24, 2.45) is 10.9 Å². The molecule has 1 amide bonds. The lowest BCUT2D eigenvalue weighted by Gasteiger charge is -2.36. The fourth-order valence-electron chi connectivity index (χ4n) is 4.44. The maximum atomic E-state index is 13.1. The minimum Gasteiger partial charge on any atom is -0.342 e. The number of hydrogen-bond donors (Lipinski definition) is 0. The summed E-state index contributed by atoms with van der Waals surface area (Å²) >= 11 is 0. The van der Waals surface area contributed by atoms with Gasteiger partial charge < -0.3 is 4.90 Å². The smallest absolute Gasteiger partial charge is 0.260 e. The van der Waals surface area contributed by atoms with Crippen LogP contribution in [-0.2, 0) is 6.42 Å². The number of carbonyl (C=O) groups excluding carboxylic acids is 1. The number of aliphatic imine (C=N–C) groups is 1. The summed E-state index contributed by atoms with van der Waals surface area (Å²) in [5.74, 6) is 1.67. The van der Waals surface area contributed by atoms with E-state index in [0.29, 0.717) is 19.0 Å². The van der Waals surface area contributed by atoms with E-state index >= 15 is 0 Å². The number of hydrogen-bond acceptors (Lipinski definition) is 3. The first kappa shape index (κ1) is 18.7. The van der Waals surface area contributed by atoms with Gasteiger partial charge in [0.2, 0.25) is 5.96 Å². The van der Waals surface area contributed by atoms with Gasteiger partial charge in [-0.1, -0.05) is 47.5 Å². The number of amides is 1. The highest BCUT2D eigenvalue weighted by Crippen LogP contribution is 2.24. The van der Waals surface area contributed by atoms with E-state index in [4.69, 9.17) is 0 Å². The molecule has 0 atom stereocenters. The first-order valence-electron chi connectivity index (χ1n) is 10.3. The lowest BCUT2D eigenvalue weighted by atomic mass is 9.90. The fourth-order valence-corrected chi connectivity index (χ4v) is 4.44. The van der Waals surface area contributed by atoms with Crippen LogP contribution in [0.2, 0.25) is 0 Å². The van der Waals surface area contributed by atoms with Gasteiger partial charge in [-0.05, 0) is 56.7 Å². The monoisotopic (exact) mass is 375 g/mol. The summed E-state index contributed by atoms with van der Waals surface area (Å²) in [5, 5.41) is 0. The van der Waals surface area contributed by atoms with Crippen molar-refractivity contribution in [1.82, 2.24) is 9.80 Å². The maximum Gasteiger partial charge on any atom is 0.260 e. The average Bonchev–Trinajstić information content (AvgIpc) is 3.18. The molecule has 0 N–H and O–H groups in total. The highest BCUT2D eigenvalue weighted by molar-refractivity contribution is 6.06. The second-order valence-corrected chi connectivity index (χ2v) is 8.14. The van der Waals surface area contributed by atoms with E-state index < -0.39 is 0 Å². The molecular weight excluding hydrogens is 346 g/mol. The van der Waals surface area contributed by atoms with E-state index in [1.807, 2.05) is 30.9 Å². The zero-order chi connectivity index (χ0) is 19.5. The second kappa shape index (κ2) is 8.17. The SMILES string of the molecule is Cc1cc(C)cc(C(=O)N2CCN=C2N2CCC(Cc3ccccc3)CC2)c1. The molecule has 28 heavy (non-hydrogen) atoms. The van der Waals surface area contributed by atoms with Gasteiger partial charge in [-0.2, -0.15) is 0 Å². The first-order chi connectivity index (χ1) is 13.6. The predicted octanol–water partition coefficient (Wildman–Crippen LogP) is 4.07. The van der Waals surface area contributed by atoms with Gasteiger partial charge in [-0.15, -0.1) is 0 Å². The Morgan fingerprint density at radius 2 is 1.68 bits per heavy atom. The van der Waals surface area contributed by atoms with Gasteiger partial charge in [0.05, 0.1) is 6.54 Å². The van der Waals surface area contributed by atoms with E-state index in [1.54, 1.807) is 0 Å². The van der Waals surface area contributed by atoms with Gasteiger partial charge in [0, 0.05) is 25.2 Å². The van der Waals surface area contributed by atoms with Gasteiger partial charge in [0.15, 0.2) is 0 Å². The molecule has 0 unspecified atom stereocenters. The topological polar surface area (TPSA) is 35.9 Å². The minimum atomic E-state index is 0.0782. The van der Waals surface area contributed by atoms with Crippen LogP contribution in [0.5, 0.6) is 0 Å². The largest absolute Gasteiger partial charge is 0.342 e. The summed E-state index contributed by atoms with van der Waals surface area (Å²) in [7, 11) is 0. The van der Waals surface area contributed by atoms with Crippen molar-refractivity contribution in [1.29, 1.82) is 0 Å². The zero-order valence-electron chi connectivity index (χ0n) is 16.9. The van der Waals surface area contributed by atoms with Gasteiger partial charge >= 0.3 is 0 Å². The Morgan fingerprint density at radius 3 is 2.36 bits per heavy atom. The lowest BCUT2D eigenvalue weighted by molar-refractivity contribution is 0.0838. The third kappa shape index (κ3) is 4.11. The molecular formula is C24H29N3O. The Kier molecular flexibility index (Phi) is 5.47. The Labute approximate surface area is 167 Å². The Balaban J connectivity index is 1.40. The maximum absolute atomic E-state index is 13.1. The van der Waals surface area contributed by atoms with Crippen molar-refractivity contribution >= 4 is 11.9 Å². The summed E-state index contributed by atoms with van der Waals surface area (Å²) in [4.78, 5) is 22.0. The molecule has 2 aromatic rings. The third-order valence-electron chi connectivity index (χ3n) is 5.80. The van der Waals surface area contributed by atoms with Crippen molar-refractivity contribution in [3.8, 4) is 0 Å². The zero-order valence-corrected chi connectivity index (χ0v) is 16.9. The molecule has 4 rings (SSSR count). The molecule has 1 saturated heterocycles. The number of likely N-dealkylation sites (tertiary alicyclic amines) is 1. The van der Waals surface area contributed by atoms with Gasteiger partial charge in [-0.25, -0.2) is 0 Å². The summed E-state index contributed by atoms with van der Waals surface area (Å²) in [5.41, 5.74) is 4.45. The molecule has 0 bridgehead atoms. The molecule has 2 aliphatic rings. The molecule has 1 fully saturated rings. The average molecular weight is 376 g/mol. The van der Waals surface area contributed by atoms with Crippen molar-refractivity contribution in [3.05, 3.63) is 70.8 Å². The third-order valence-corrected chi connectivity index (χ3v) is 5.80. The van der Waals surface area contributed by atoms with Crippen LogP contribution >= 0.6 is 0 Å². The quantitative estimate of drug-likeness (QED) is 0.811. The highest BCUT2D eigenvalue weighted by atomic mass is 16.2. The normalized spacial score (nSPS) is 17.7. The molecule has 2 aliphatic heterocycles. The lowest BCUT2D eigenvalue weighted by Crippen LogP contribution is -2.48. The van der Waals surface area contributed by atoms with E-state index in [-0.39, 0.29) is 5.91 Å². The van der Waals surface area contributed by atoms with Crippen LogP contribution in [0.15, 0.2) is 53.5 Å². The van der Waals surface area contributed by atoms with Gasteiger partial charge in [0.1, 0.15) is 0 Å². The molecule has 0 saturated carbocycles. The fraction of sp³-hybridized carbons (Fsp3) is 0.417. The molecule has 146 valence electrons. The van der Waals surface area contributed by atoms with E-state index in [2.05, 4.69) is 46.3 Å².